The van der Waals surface area contributed by atoms with Crippen molar-refractivity contribution in [3.05, 3.63) is 29.8 Å². The Hall–Kier alpha value is -1.10. The number of aliphatic hydroxyl groups is 1. The first-order chi connectivity index (χ1) is 9.13. The molecule has 1 heterocycles. The Balaban J connectivity index is 2.24. The summed E-state index contributed by atoms with van der Waals surface area (Å²) in [4.78, 5) is 2.36. The van der Waals surface area contributed by atoms with Crippen molar-refractivity contribution in [2.24, 2.45) is 5.73 Å². The minimum Gasteiger partial charge on any atom is -0.496 e. The monoisotopic (exact) mass is 264 g/mol. The van der Waals surface area contributed by atoms with Crippen LogP contribution in [-0.4, -0.2) is 42.4 Å². The lowest BCUT2D eigenvalue weighted by molar-refractivity contribution is 0.0542. The van der Waals surface area contributed by atoms with Gasteiger partial charge in [0.25, 0.3) is 0 Å². The molecule has 1 saturated heterocycles. The second-order valence-electron chi connectivity index (χ2n) is 5.31. The van der Waals surface area contributed by atoms with Gasteiger partial charge in [-0.1, -0.05) is 18.2 Å². The van der Waals surface area contributed by atoms with E-state index in [-0.39, 0.29) is 18.2 Å². The summed E-state index contributed by atoms with van der Waals surface area (Å²) >= 11 is 0. The maximum absolute atomic E-state index is 9.64. The van der Waals surface area contributed by atoms with Gasteiger partial charge in [0, 0.05) is 24.7 Å². The predicted octanol–water partition coefficient (Wildman–Crippen LogP) is 1.54. The van der Waals surface area contributed by atoms with Gasteiger partial charge in [-0.3, -0.25) is 4.90 Å². The molecule has 0 amide bonds. The highest BCUT2D eigenvalue weighted by molar-refractivity contribution is 5.36. The number of hydrogen-bond acceptors (Lipinski definition) is 4. The summed E-state index contributed by atoms with van der Waals surface area (Å²) in [5.41, 5.74) is 7.33. The van der Waals surface area contributed by atoms with Crippen LogP contribution in [0.5, 0.6) is 5.75 Å². The standard InChI is InChI=1S/C15H24N2O2/c1-11(16)15(17-9-7-12(18)8-10-17)13-5-3-4-6-14(13)19-2/h3-6,11-12,15,18H,7-10,16H2,1-2H3. The van der Waals surface area contributed by atoms with Gasteiger partial charge < -0.3 is 15.6 Å². The van der Waals surface area contributed by atoms with E-state index in [0.29, 0.717) is 0 Å². The first-order valence-corrected chi connectivity index (χ1v) is 6.94. The van der Waals surface area contributed by atoms with Gasteiger partial charge in [0.05, 0.1) is 19.3 Å². The molecule has 1 aliphatic rings. The second kappa shape index (κ2) is 6.37. The fourth-order valence-corrected chi connectivity index (χ4v) is 2.89. The number of aliphatic hydroxyl groups excluding tert-OH is 1. The summed E-state index contributed by atoms with van der Waals surface area (Å²) in [5.74, 6) is 0.885. The van der Waals surface area contributed by atoms with Crippen LogP contribution in [0, 0.1) is 0 Å². The highest BCUT2D eigenvalue weighted by Gasteiger charge is 2.29. The van der Waals surface area contributed by atoms with Crippen molar-refractivity contribution < 1.29 is 9.84 Å². The smallest absolute Gasteiger partial charge is 0.123 e. The molecule has 3 N–H and O–H groups in total. The molecule has 19 heavy (non-hydrogen) atoms. The fraction of sp³-hybridized carbons (Fsp3) is 0.600. The Bertz CT molecular complexity index is 401. The highest BCUT2D eigenvalue weighted by Crippen LogP contribution is 2.32. The molecule has 2 rings (SSSR count). The van der Waals surface area contributed by atoms with E-state index < -0.39 is 0 Å². The molecule has 0 aliphatic carbocycles. The van der Waals surface area contributed by atoms with Gasteiger partial charge >= 0.3 is 0 Å². The Morgan fingerprint density at radius 3 is 2.53 bits per heavy atom. The van der Waals surface area contributed by atoms with E-state index in [4.69, 9.17) is 10.5 Å². The molecule has 1 aromatic carbocycles. The normalized spacial score (nSPS) is 21.1. The van der Waals surface area contributed by atoms with Crippen LogP contribution in [-0.2, 0) is 0 Å². The predicted molar refractivity (Wildman–Crippen MR) is 76.2 cm³/mol. The quantitative estimate of drug-likeness (QED) is 0.866. The minimum absolute atomic E-state index is 0.0199. The zero-order valence-corrected chi connectivity index (χ0v) is 11.7. The molecular formula is C15H24N2O2. The molecule has 0 saturated carbocycles. The first kappa shape index (κ1) is 14.3. The maximum atomic E-state index is 9.64. The van der Waals surface area contributed by atoms with E-state index in [2.05, 4.69) is 11.0 Å². The van der Waals surface area contributed by atoms with Crippen molar-refractivity contribution in [2.45, 2.75) is 38.0 Å². The number of hydrogen-bond donors (Lipinski definition) is 2. The van der Waals surface area contributed by atoms with Crippen LogP contribution >= 0.6 is 0 Å². The van der Waals surface area contributed by atoms with E-state index in [9.17, 15) is 5.11 Å². The average molecular weight is 264 g/mol. The van der Waals surface area contributed by atoms with Crippen molar-refractivity contribution in [3.63, 3.8) is 0 Å². The zero-order chi connectivity index (χ0) is 13.8. The van der Waals surface area contributed by atoms with Gasteiger partial charge in [-0.15, -0.1) is 0 Å². The Morgan fingerprint density at radius 1 is 1.32 bits per heavy atom. The molecule has 1 aromatic rings. The van der Waals surface area contributed by atoms with E-state index >= 15 is 0 Å². The largest absolute Gasteiger partial charge is 0.496 e. The van der Waals surface area contributed by atoms with Gasteiger partial charge in [0.1, 0.15) is 5.75 Å². The zero-order valence-electron chi connectivity index (χ0n) is 11.7. The SMILES string of the molecule is COc1ccccc1C(C(C)N)N1CCC(O)CC1. The molecule has 1 aliphatic heterocycles. The number of nitrogens with two attached hydrogens (primary N) is 1. The summed E-state index contributed by atoms with van der Waals surface area (Å²) in [6.07, 6.45) is 1.47. The lowest BCUT2D eigenvalue weighted by atomic mass is 9.95. The summed E-state index contributed by atoms with van der Waals surface area (Å²) in [6.45, 7) is 3.79. The van der Waals surface area contributed by atoms with Gasteiger partial charge in [0.2, 0.25) is 0 Å². The maximum Gasteiger partial charge on any atom is 0.123 e. The topological polar surface area (TPSA) is 58.7 Å². The number of ether oxygens (including phenoxy) is 1. The van der Waals surface area contributed by atoms with Gasteiger partial charge in [-0.05, 0) is 25.8 Å². The molecular weight excluding hydrogens is 240 g/mol. The third-order valence-corrected chi connectivity index (χ3v) is 3.85. The van der Waals surface area contributed by atoms with E-state index in [1.54, 1.807) is 7.11 Å². The first-order valence-electron chi connectivity index (χ1n) is 6.94. The van der Waals surface area contributed by atoms with Gasteiger partial charge in [-0.2, -0.15) is 0 Å². The molecule has 2 atom stereocenters. The summed E-state index contributed by atoms with van der Waals surface area (Å²) in [7, 11) is 1.69. The number of likely N-dealkylation sites (tertiary alicyclic amines) is 1. The molecule has 0 spiro atoms. The summed E-state index contributed by atoms with van der Waals surface area (Å²) in [6, 6.07) is 8.21. The van der Waals surface area contributed by atoms with Gasteiger partial charge in [0.15, 0.2) is 0 Å². The number of benzene rings is 1. The van der Waals surface area contributed by atoms with E-state index in [1.165, 1.54) is 0 Å². The highest BCUT2D eigenvalue weighted by atomic mass is 16.5. The molecule has 2 unspecified atom stereocenters. The second-order valence-corrected chi connectivity index (χ2v) is 5.31. The third-order valence-electron chi connectivity index (χ3n) is 3.85. The van der Waals surface area contributed by atoms with Crippen LogP contribution in [0.3, 0.4) is 0 Å². The Kier molecular flexibility index (Phi) is 4.80. The van der Waals surface area contributed by atoms with Crippen LogP contribution in [0.15, 0.2) is 24.3 Å². The Morgan fingerprint density at radius 2 is 1.95 bits per heavy atom. The van der Waals surface area contributed by atoms with E-state index in [1.807, 2.05) is 25.1 Å². The van der Waals surface area contributed by atoms with Crippen molar-refractivity contribution in [1.29, 1.82) is 0 Å². The van der Waals surface area contributed by atoms with Crippen LogP contribution in [0.25, 0.3) is 0 Å². The summed E-state index contributed by atoms with van der Waals surface area (Å²) in [5, 5.41) is 9.64. The number of methoxy groups -OCH3 is 1. The molecule has 4 nitrogen and oxygen atoms in total. The van der Waals surface area contributed by atoms with Crippen LogP contribution in [0.4, 0.5) is 0 Å². The molecule has 1 fully saturated rings. The molecule has 4 heteroatoms. The average Bonchev–Trinajstić information content (AvgIpc) is 2.41. The van der Waals surface area contributed by atoms with E-state index in [0.717, 1.165) is 37.2 Å². The third kappa shape index (κ3) is 3.26. The Labute approximate surface area is 115 Å². The van der Waals surface area contributed by atoms with Crippen molar-refractivity contribution in [3.8, 4) is 5.75 Å². The number of piperidine rings is 1. The lowest BCUT2D eigenvalue weighted by Gasteiger charge is -2.38. The fourth-order valence-electron chi connectivity index (χ4n) is 2.89. The molecule has 106 valence electrons. The van der Waals surface area contributed by atoms with Crippen molar-refractivity contribution >= 4 is 0 Å². The number of nitrogens with zero attached hydrogens (tertiary/aromatic N) is 1. The molecule has 0 radical (unpaired) electrons. The van der Waals surface area contributed by atoms with Crippen molar-refractivity contribution in [2.75, 3.05) is 20.2 Å². The van der Waals surface area contributed by atoms with Gasteiger partial charge in [-0.25, -0.2) is 0 Å². The minimum atomic E-state index is -0.164. The van der Waals surface area contributed by atoms with Crippen LogP contribution < -0.4 is 10.5 Å². The number of rotatable bonds is 4. The van der Waals surface area contributed by atoms with Crippen molar-refractivity contribution in [1.82, 2.24) is 4.90 Å². The summed E-state index contributed by atoms with van der Waals surface area (Å²) < 4.78 is 5.46. The van der Waals surface area contributed by atoms with Crippen LogP contribution in [0.2, 0.25) is 0 Å². The number of para-hydroxylation sites is 1. The lowest BCUT2D eigenvalue weighted by Crippen LogP contribution is -2.44. The van der Waals surface area contributed by atoms with Crippen LogP contribution in [0.1, 0.15) is 31.4 Å². The molecule has 0 bridgehead atoms. The molecule has 0 aromatic heterocycles.